The molecular formula is C19H27ClN4O5S. The number of carbonyl (C=O) groups is 1. The molecule has 11 heteroatoms. The number of fused-ring (bicyclic) bond motifs is 1. The highest BCUT2D eigenvalue weighted by Crippen LogP contribution is 2.46. The number of hydrogen-bond donors (Lipinski definition) is 2. The van der Waals surface area contributed by atoms with Crippen LogP contribution in [0.15, 0.2) is 5.16 Å². The average molecular weight is 459 g/mol. The van der Waals surface area contributed by atoms with Crippen molar-refractivity contribution >= 4 is 47.4 Å². The van der Waals surface area contributed by atoms with Crippen LogP contribution in [0.2, 0.25) is 5.15 Å². The van der Waals surface area contributed by atoms with Crippen molar-refractivity contribution < 1.29 is 23.9 Å². The quantitative estimate of drug-likeness (QED) is 0.262. The molecule has 1 aliphatic heterocycles. The molecule has 1 aromatic rings. The van der Waals surface area contributed by atoms with Crippen LogP contribution >= 0.6 is 23.4 Å². The number of hydrogen-bond acceptors (Lipinski definition) is 9. The SMILES string of the molecule is CCCSc1nc(Cl)c(NC=O)c(N[C@@H]2C[C@H](OC)[C@H]3OC(C)(C)C[C@H]32)n1.O=C=O. The van der Waals surface area contributed by atoms with Gasteiger partial charge in [0.2, 0.25) is 6.41 Å². The molecule has 166 valence electrons. The van der Waals surface area contributed by atoms with E-state index in [1.54, 1.807) is 18.9 Å². The monoisotopic (exact) mass is 458 g/mol. The molecule has 0 unspecified atom stereocenters. The molecule has 0 bridgehead atoms. The second kappa shape index (κ2) is 11.1. The number of nitrogens with one attached hydrogen (secondary N) is 2. The number of amides is 1. The molecule has 0 aromatic carbocycles. The Morgan fingerprint density at radius 2 is 2.10 bits per heavy atom. The first kappa shape index (κ1) is 24.6. The summed E-state index contributed by atoms with van der Waals surface area (Å²) < 4.78 is 11.9. The van der Waals surface area contributed by atoms with Gasteiger partial charge in [-0.15, -0.1) is 0 Å². The Morgan fingerprint density at radius 3 is 2.70 bits per heavy atom. The third kappa shape index (κ3) is 5.92. The maximum absolute atomic E-state index is 11.0. The number of anilines is 2. The van der Waals surface area contributed by atoms with Crippen molar-refractivity contribution in [2.75, 3.05) is 23.5 Å². The Kier molecular flexibility index (Phi) is 9.06. The van der Waals surface area contributed by atoms with Crippen molar-refractivity contribution in [2.24, 2.45) is 5.92 Å². The van der Waals surface area contributed by atoms with Crippen molar-refractivity contribution in [1.29, 1.82) is 0 Å². The van der Waals surface area contributed by atoms with Gasteiger partial charge < -0.3 is 20.1 Å². The molecule has 1 aliphatic carbocycles. The minimum atomic E-state index is -0.179. The molecule has 30 heavy (non-hydrogen) atoms. The highest BCUT2D eigenvalue weighted by Gasteiger charge is 2.53. The van der Waals surface area contributed by atoms with Gasteiger partial charge in [0, 0.05) is 24.8 Å². The fourth-order valence-corrected chi connectivity index (χ4v) is 4.98. The number of ether oxygens (including phenoxy) is 2. The van der Waals surface area contributed by atoms with Crippen LogP contribution in [-0.4, -0.2) is 59.2 Å². The lowest BCUT2D eigenvalue weighted by molar-refractivity contribution is -0.191. The number of nitrogens with zero attached hydrogens (tertiary/aromatic N) is 2. The lowest BCUT2D eigenvalue weighted by Gasteiger charge is -2.24. The molecule has 2 heterocycles. The largest absolute Gasteiger partial charge is 0.379 e. The van der Waals surface area contributed by atoms with Crippen molar-refractivity contribution in [1.82, 2.24) is 9.97 Å². The zero-order chi connectivity index (χ0) is 22.3. The summed E-state index contributed by atoms with van der Waals surface area (Å²) >= 11 is 7.86. The number of methoxy groups -OCH3 is 1. The third-order valence-electron chi connectivity index (χ3n) is 5.08. The van der Waals surface area contributed by atoms with Gasteiger partial charge in [-0.2, -0.15) is 9.59 Å². The van der Waals surface area contributed by atoms with Gasteiger partial charge in [-0.3, -0.25) is 4.79 Å². The molecule has 0 radical (unpaired) electrons. The Morgan fingerprint density at radius 1 is 1.40 bits per heavy atom. The number of rotatable bonds is 8. The highest BCUT2D eigenvalue weighted by atomic mass is 35.5. The van der Waals surface area contributed by atoms with Gasteiger partial charge in [0.05, 0.1) is 17.8 Å². The van der Waals surface area contributed by atoms with Crippen LogP contribution < -0.4 is 10.6 Å². The second-order valence-electron chi connectivity index (χ2n) is 7.69. The van der Waals surface area contributed by atoms with Crippen LogP contribution in [0.1, 0.15) is 40.0 Å². The van der Waals surface area contributed by atoms with Gasteiger partial charge in [-0.25, -0.2) is 9.97 Å². The van der Waals surface area contributed by atoms with E-state index in [9.17, 15) is 4.79 Å². The second-order valence-corrected chi connectivity index (χ2v) is 9.11. The third-order valence-corrected chi connectivity index (χ3v) is 6.41. The van der Waals surface area contributed by atoms with Crippen LogP contribution in [0.4, 0.5) is 11.5 Å². The summed E-state index contributed by atoms with van der Waals surface area (Å²) in [4.78, 5) is 36.2. The number of halogens is 1. The molecule has 2 aliphatic rings. The number of aromatic nitrogens is 2. The minimum Gasteiger partial charge on any atom is -0.379 e. The maximum Gasteiger partial charge on any atom is 0.373 e. The molecular weight excluding hydrogens is 432 g/mol. The summed E-state index contributed by atoms with van der Waals surface area (Å²) in [6, 6.07) is 0.115. The van der Waals surface area contributed by atoms with Crippen molar-refractivity contribution in [3.05, 3.63) is 5.15 Å². The zero-order valence-corrected chi connectivity index (χ0v) is 19.0. The smallest absolute Gasteiger partial charge is 0.373 e. The summed E-state index contributed by atoms with van der Waals surface area (Å²) in [6.07, 6.45) is 3.67. The minimum absolute atomic E-state index is 0.0306. The van der Waals surface area contributed by atoms with Gasteiger partial charge in [0.1, 0.15) is 5.69 Å². The van der Waals surface area contributed by atoms with Gasteiger partial charge in [0.15, 0.2) is 16.1 Å². The molecule has 1 aromatic heterocycles. The van der Waals surface area contributed by atoms with Gasteiger partial charge in [0.25, 0.3) is 0 Å². The normalized spacial score (nSPS) is 26.2. The molecule has 2 fully saturated rings. The van der Waals surface area contributed by atoms with Crippen LogP contribution in [0.25, 0.3) is 0 Å². The zero-order valence-electron chi connectivity index (χ0n) is 17.4. The molecule has 4 atom stereocenters. The summed E-state index contributed by atoms with van der Waals surface area (Å²) in [5, 5.41) is 6.96. The van der Waals surface area contributed by atoms with E-state index in [0.29, 0.717) is 29.0 Å². The molecule has 9 nitrogen and oxygen atoms in total. The van der Waals surface area contributed by atoms with E-state index < -0.39 is 0 Å². The van der Waals surface area contributed by atoms with E-state index in [1.165, 1.54) is 0 Å². The average Bonchev–Trinajstić information content (AvgIpc) is 3.16. The number of thioether (sulfide) groups is 1. The fourth-order valence-electron chi connectivity index (χ4n) is 4.00. The van der Waals surface area contributed by atoms with Crippen LogP contribution in [0.3, 0.4) is 0 Å². The predicted molar refractivity (Wildman–Crippen MR) is 113 cm³/mol. The summed E-state index contributed by atoms with van der Waals surface area (Å²) in [5.74, 6) is 1.75. The first-order chi connectivity index (χ1) is 14.3. The van der Waals surface area contributed by atoms with Crippen molar-refractivity contribution in [2.45, 2.75) is 69.0 Å². The van der Waals surface area contributed by atoms with Gasteiger partial charge in [-0.1, -0.05) is 30.3 Å². The van der Waals surface area contributed by atoms with Crippen LogP contribution in [0.5, 0.6) is 0 Å². The lowest BCUT2D eigenvalue weighted by Crippen LogP contribution is -2.29. The lowest BCUT2D eigenvalue weighted by atomic mass is 9.92. The van der Waals surface area contributed by atoms with Gasteiger partial charge in [-0.05, 0) is 33.1 Å². The van der Waals surface area contributed by atoms with E-state index in [2.05, 4.69) is 41.4 Å². The number of carbonyl (C=O) groups excluding carboxylic acids is 3. The molecule has 1 saturated carbocycles. The summed E-state index contributed by atoms with van der Waals surface area (Å²) in [7, 11) is 1.72. The van der Waals surface area contributed by atoms with Gasteiger partial charge >= 0.3 is 6.15 Å². The topological polar surface area (TPSA) is 120 Å². The first-order valence-corrected chi connectivity index (χ1v) is 11.0. The Balaban J connectivity index is 0.00000101. The fraction of sp³-hybridized carbons (Fsp3) is 0.684. The van der Waals surface area contributed by atoms with E-state index in [4.69, 9.17) is 30.7 Å². The molecule has 2 N–H and O–H groups in total. The van der Waals surface area contributed by atoms with E-state index >= 15 is 0 Å². The van der Waals surface area contributed by atoms with Crippen molar-refractivity contribution in [3.8, 4) is 0 Å². The van der Waals surface area contributed by atoms with Crippen molar-refractivity contribution in [3.63, 3.8) is 0 Å². The predicted octanol–water partition coefficient (Wildman–Crippen LogP) is 3.00. The standard InChI is InChI=1S/C18H27ClN4O3S.CO2/c1-5-6-27-17-22-15(19)13(20-9-24)16(23-17)21-11-7-12(25-4)14-10(11)8-18(2,3)26-14;2-1-3/h9-12,14H,5-8H2,1-4H3,(H,20,24)(H,21,22,23);/t10-,11+,12-,14-;/m0./s1. The Labute approximate surface area is 185 Å². The molecule has 0 spiro atoms. The van der Waals surface area contributed by atoms with Crippen LogP contribution in [-0.2, 0) is 23.9 Å². The summed E-state index contributed by atoms with van der Waals surface area (Å²) in [5.41, 5.74) is 0.227. The summed E-state index contributed by atoms with van der Waals surface area (Å²) in [6.45, 7) is 6.31. The van der Waals surface area contributed by atoms with Crippen LogP contribution in [0, 0.1) is 5.92 Å². The highest BCUT2D eigenvalue weighted by molar-refractivity contribution is 7.99. The Bertz CT molecular complexity index is 776. The Hall–Kier alpha value is -1.71. The molecule has 3 rings (SSSR count). The first-order valence-electron chi connectivity index (χ1n) is 9.67. The molecule has 1 saturated heterocycles. The van der Waals surface area contributed by atoms with E-state index in [1.807, 2.05) is 0 Å². The maximum atomic E-state index is 11.0. The van der Waals surface area contributed by atoms with E-state index in [0.717, 1.165) is 25.0 Å². The molecule has 1 amide bonds. The van der Waals surface area contributed by atoms with E-state index in [-0.39, 0.29) is 35.2 Å².